The lowest BCUT2D eigenvalue weighted by Crippen LogP contribution is -3.13. The van der Waals surface area contributed by atoms with Gasteiger partial charge in [0.15, 0.2) is 5.78 Å². The van der Waals surface area contributed by atoms with E-state index >= 15 is 0 Å². The van der Waals surface area contributed by atoms with Crippen molar-refractivity contribution in [3.8, 4) is 5.75 Å². The normalized spacial score (nSPS) is 15.5. The molecule has 1 aliphatic heterocycles. The highest BCUT2D eigenvalue weighted by Crippen LogP contribution is 2.27. The highest BCUT2D eigenvalue weighted by Gasteiger charge is 2.23. The number of rotatable bonds is 5. The predicted octanol–water partition coefficient (Wildman–Crippen LogP) is 1.57. The first-order chi connectivity index (χ1) is 11.6. The molecule has 2 heterocycles. The molecule has 0 atom stereocenters. The lowest BCUT2D eigenvalue weighted by Gasteiger charge is -2.33. The molecule has 0 spiro atoms. The van der Waals surface area contributed by atoms with E-state index in [4.69, 9.17) is 4.74 Å². The third-order valence-electron chi connectivity index (χ3n) is 4.46. The highest BCUT2D eigenvalue weighted by molar-refractivity contribution is 7.13. The topological polar surface area (TPSA) is 46.9 Å². The summed E-state index contributed by atoms with van der Waals surface area (Å²) in [6.45, 7) is 8.56. The zero-order chi connectivity index (χ0) is 17.1. The van der Waals surface area contributed by atoms with Gasteiger partial charge >= 0.3 is 0 Å². The fourth-order valence-electron chi connectivity index (χ4n) is 3.20. The molecule has 0 amide bonds. The van der Waals surface area contributed by atoms with Crippen molar-refractivity contribution < 1.29 is 14.4 Å². The van der Waals surface area contributed by atoms with Crippen LogP contribution in [0.25, 0.3) is 0 Å². The molecular formula is C18H24N3O2S+. The Kier molecular flexibility index (Phi) is 5.16. The molecular weight excluding hydrogens is 322 g/mol. The molecule has 0 unspecified atom stereocenters. The number of methoxy groups -OCH3 is 1. The molecule has 1 aromatic heterocycles. The first kappa shape index (κ1) is 16.9. The number of quaternary nitrogens is 1. The first-order valence-electron chi connectivity index (χ1n) is 8.27. The average molecular weight is 346 g/mol. The summed E-state index contributed by atoms with van der Waals surface area (Å²) in [6.07, 6.45) is 0. The summed E-state index contributed by atoms with van der Waals surface area (Å²) in [6, 6.07) is 8.18. The van der Waals surface area contributed by atoms with Gasteiger partial charge < -0.3 is 14.5 Å². The third kappa shape index (κ3) is 3.60. The zero-order valence-corrected chi connectivity index (χ0v) is 15.3. The van der Waals surface area contributed by atoms with Crippen LogP contribution in [0.4, 0.5) is 5.69 Å². The molecule has 3 rings (SSSR count). The largest absolute Gasteiger partial charge is 0.495 e. The minimum Gasteiger partial charge on any atom is -0.495 e. The Balaban J connectivity index is 1.61. The molecule has 0 radical (unpaired) electrons. The van der Waals surface area contributed by atoms with E-state index in [2.05, 4.69) is 22.0 Å². The van der Waals surface area contributed by atoms with Gasteiger partial charge in [0.25, 0.3) is 0 Å². The maximum Gasteiger partial charge on any atom is 0.171 e. The fourth-order valence-corrected chi connectivity index (χ4v) is 4.23. The number of aryl methyl sites for hydroxylation is 1. The minimum absolute atomic E-state index is 0.118. The summed E-state index contributed by atoms with van der Waals surface area (Å²) in [5.74, 6) is 1.05. The maximum atomic E-state index is 11.6. The van der Waals surface area contributed by atoms with Gasteiger partial charge in [0, 0.05) is 6.92 Å². The van der Waals surface area contributed by atoms with Gasteiger partial charge in [-0.15, -0.1) is 11.3 Å². The number of thiazole rings is 1. The van der Waals surface area contributed by atoms with Gasteiger partial charge in [0.1, 0.15) is 17.3 Å². The molecule has 1 aromatic carbocycles. The molecule has 1 saturated heterocycles. The van der Waals surface area contributed by atoms with Gasteiger partial charge in [-0.3, -0.25) is 4.79 Å². The van der Waals surface area contributed by atoms with Gasteiger partial charge in [-0.2, -0.15) is 0 Å². The van der Waals surface area contributed by atoms with E-state index in [0.717, 1.165) is 54.1 Å². The van der Waals surface area contributed by atoms with Crippen molar-refractivity contribution in [1.29, 1.82) is 0 Å². The molecule has 128 valence electrons. The number of aromatic nitrogens is 1. The van der Waals surface area contributed by atoms with Crippen molar-refractivity contribution in [3.05, 3.63) is 39.8 Å². The number of benzene rings is 1. The number of hydrogen-bond acceptors (Lipinski definition) is 5. The molecule has 0 aliphatic carbocycles. The third-order valence-corrected chi connectivity index (χ3v) is 5.72. The molecule has 0 saturated carbocycles. The van der Waals surface area contributed by atoms with Crippen LogP contribution in [0.5, 0.6) is 5.75 Å². The van der Waals surface area contributed by atoms with Gasteiger partial charge in [0.05, 0.1) is 49.5 Å². The number of Topliss-reactive ketones (excluding diaryl/α,β-unsaturated/α-hetero) is 1. The first-order valence-corrected chi connectivity index (χ1v) is 9.09. The Morgan fingerprint density at radius 1 is 1.33 bits per heavy atom. The zero-order valence-electron chi connectivity index (χ0n) is 14.5. The lowest BCUT2D eigenvalue weighted by atomic mass is 10.2. The molecule has 1 N–H and O–H groups in total. The number of nitrogens with one attached hydrogen (secondary N) is 1. The average Bonchev–Trinajstić information content (AvgIpc) is 2.96. The SMILES string of the molecule is COc1ccccc1N1CC[NH+](Cc2nc(C)c(C(C)=O)s2)CC1. The molecule has 24 heavy (non-hydrogen) atoms. The van der Waals surface area contributed by atoms with Crippen molar-refractivity contribution in [2.75, 3.05) is 38.2 Å². The number of para-hydroxylation sites is 2. The summed E-state index contributed by atoms with van der Waals surface area (Å²) in [5.41, 5.74) is 2.04. The predicted molar refractivity (Wildman–Crippen MR) is 96.5 cm³/mol. The number of anilines is 1. The number of nitrogens with zero attached hydrogens (tertiary/aromatic N) is 2. The van der Waals surface area contributed by atoms with E-state index in [0.29, 0.717) is 0 Å². The van der Waals surface area contributed by atoms with Crippen LogP contribution in [-0.4, -0.2) is 44.1 Å². The van der Waals surface area contributed by atoms with E-state index in [1.54, 1.807) is 25.4 Å². The van der Waals surface area contributed by atoms with E-state index in [1.165, 1.54) is 10.6 Å². The number of piperazine rings is 1. The Labute approximate surface area is 146 Å². The second-order valence-corrected chi connectivity index (χ2v) is 7.25. The fraction of sp³-hybridized carbons (Fsp3) is 0.444. The number of ether oxygens (including phenoxy) is 1. The molecule has 2 aromatic rings. The quantitative estimate of drug-likeness (QED) is 0.835. The summed E-state index contributed by atoms with van der Waals surface area (Å²) in [7, 11) is 1.72. The monoisotopic (exact) mass is 346 g/mol. The second-order valence-electron chi connectivity index (χ2n) is 6.16. The summed E-state index contributed by atoms with van der Waals surface area (Å²) < 4.78 is 5.47. The Bertz CT molecular complexity index is 721. The van der Waals surface area contributed by atoms with Crippen LogP contribution in [0.3, 0.4) is 0 Å². The van der Waals surface area contributed by atoms with E-state index < -0.39 is 0 Å². The highest BCUT2D eigenvalue weighted by atomic mass is 32.1. The maximum absolute atomic E-state index is 11.6. The Hall–Kier alpha value is -1.92. The van der Waals surface area contributed by atoms with Crippen LogP contribution < -0.4 is 14.5 Å². The smallest absolute Gasteiger partial charge is 0.171 e. The minimum atomic E-state index is 0.118. The number of hydrogen-bond donors (Lipinski definition) is 1. The van der Waals surface area contributed by atoms with Crippen molar-refractivity contribution in [2.24, 2.45) is 0 Å². The van der Waals surface area contributed by atoms with Crippen molar-refractivity contribution in [3.63, 3.8) is 0 Å². The number of ketones is 1. The lowest BCUT2D eigenvalue weighted by molar-refractivity contribution is -0.914. The molecule has 0 bridgehead atoms. The van der Waals surface area contributed by atoms with Crippen LogP contribution >= 0.6 is 11.3 Å². The molecule has 1 aliphatic rings. The summed E-state index contributed by atoms with van der Waals surface area (Å²) >= 11 is 1.55. The van der Waals surface area contributed by atoms with Crippen LogP contribution in [0.15, 0.2) is 24.3 Å². The van der Waals surface area contributed by atoms with E-state index in [1.807, 2.05) is 19.1 Å². The van der Waals surface area contributed by atoms with Gasteiger partial charge in [-0.25, -0.2) is 4.98 Å². The van der Waals surface area contributed by atoms with Crippen LogP contribution in [-0.2, 0) is 6.54 Å². The molecule has 5 nitrogen and oxygen atoms in total. The summed E-state index contributed by atoms with van der Waals surface area (Å²) in [5, 5.41) is 1.07. The van der Waals surface area contributed by atoms with E-state index in [9.17, 15) is 4.79 Å². The van der Waals surface area contributed by atoms with E-state index in [-0.39, 0.29) is 5.78 Å². The van der Waals surface area contributed by atoms with Crippen LogP contribution in [0.1, 0.15) is 27.3 Å². The van der Waals surface area contributed by atoms with Crippen molar-refractivity contribution in [2.45, 2.75) is 20.4 Å². The molecule has 1 fully saturated rings. The van der Waals surface area contributed by atoms with Crippen molar-refractivity contribution in [1.82, 2.24) is 4.98 Å². The Morgan fingerprint density at radius 2 is 2.04 bits per heavy atom. The van der Waals surface area contributed by atoms with Crippen LogP contribution in [0.2, 0.25) is 0 Å². The van der Waals surface area contributed by atoms with Gasteiger partial charge in [-0.1, -0.05) is 12.1 Å². The number of carbonyl (C=O) groups excluding carboxylic acids is 1. The van der Waals surface area contributed by atoms with Crippen LogP contribution in [0, 0.1) is 6.92 Å². The van der Waals surface area contributed by atoms with Gasteiger partial charge in [-0.05, 0) is 19.1 Å². The second kappa shape index (κ2) is 7.32. The summed E-state index contributed by atoms with van der Waals surface area (Å²) in [4.78, 5) is 20.9. The number of carbonyl (C=O) groups is 1. The molecule has 6 heteroatoms. The van der Waals surface area contributed by atoms with Crippen molar-refractivity contribution >= 4 is 22.8 Å². The van der Waals surface area contributed by atoms with Gasteiger partial charge in [0.2, 0.25) is 0 Å². The standard InChI is InChI=1S/C18H23N3O2S/c1-13-18(14(2)22)24-17(19-13)12-20-8-10-21(11-9-20)15-6-4-5-7-16(15)23-3/h4-7H,8-12H2,1-3H3/p+1. The Morgan fingerprint density at radius 3 is 2.67 bits per heavy atom.